The molecule has 2 rings (SSSR count). The van der Waals surface area contributed by atoms with Crippen molar-refractivity contribution in [3.05, 3.63) is 29.5 Å². The second kappa shape index (κ2) is 7.60. The third-order valence-electron chi connectivity index (χ3n) is 3.90. The van der Waals surface area contributed by atoms with E-state index in [4.69, 9.17) is 10.1 Å². The largest absolute Gasteiger partial charge is 0.459 e. The average molecular weight is 329 g/mol. The number of carbonyl (C=O) groups excluding carboxylic acids is 1. The highest BCUT2D eigenvalue weighted by Gasteiger charge is 2.17. The summed E-state index contributed by atoms with van der Waals surface area (Å²) < 4.78 is 5.29. The van der Waals surface area contributed by atoms with Gasteiger partial charge in [-0.1, -0.05) is 13.0 Å². The highest BCUT2D eigenvalue weighted by atomic mass is 16.6. The van der Waals surface area contributed by atoms with Crippen LogP contribution in [0.1, 0.15) is 58.2 Å². The summed E-state index contributed by atoms with van der Waals surface area (Å²) in [5, 5.41) is 10.5. The van der Waals surface area contributed by atoms with E-state index in [-0.39, 0.29) is 12.5 Å². The van der Waals surface area contributed by atoms with Gasteiger partial charge in [-0.05, 0) is 63.7 Å². The Hall–Kier alpha value is -2.17. The lowest BCUT2D eigenvalue weighted by atomic mass is 9.89. The zero-order valence-corrected chi connectivity index (χ0v) is 15.0. The van der Waals surface area contributed by atoms with Gasteiger partial charge in [-0.3, -0.25) is 4.79 Å². The number of nitrogens with one attached hydrogen (secondary N) is 2. The predicted octanol–water partition coefficient (Wildman–Crippen LogP) is 4.04. The molecule has 2 N–H and O–H groups in total. The summed E-state index contributed by atoms with van der Waals surface area (Å²) in [6, 6.07) is 3.81. The number of hydrogen-bond acceptors (Lipinski definition) is 5. The number of ether oxygens (including phenoxy) is 1. The lowest BCUT2D eigenvalue weighted by molar-refractivity contribution is -0.152. The summed E-state index contributed by atoms with van der Waals surface area (Å²) in [6.07, 6.45) is 6.75. The molecule has 1 aliphatic carbocycles. The van der Waals surface area contributed by atoms with Crippen LogP contribution in [0.2, 0.25) is 0 Å². The molecule has 1 aromatic heterocycles. The normalized spacial score (nSPS) is 17.8. The first-order valence-electron chi connectivity index (χ1n) is 8.45. The molecule has 130 valence electrons. The maximum absolute atomic E-state index is 11.9. The first-order chi connectivity index (χ1) is 11.3. The van der Waals surface area contributed by atoms with Crippen molar-refractivity contribution in [2.75, 3.05) is 11.9 Å². The molecule has 0 saturated carbocycles. The molecule has 5 nitrogen and oxygen atoms in total. The van der Waals surface area contributed by atoms with Crippen LogP contribution in [-0.2, 0) is 9.53 Å². The molecule has 0 saturated heterocycles. The summed E-state index contributed by atoms with van der Waals surface area (Å²) >= 11 is 0. The summed E-state index contributed by atoms with van der Waals surface area (Å²) in [4.78, 5) is 16.5. The standard InChI is InChI=1S/C19H27N3O2/c1-13-5-7-14(8-6-13)16-10-9-15(11-20)18(22-16)21-12-17(23)24-19(2,3)4/h7,9-11,13,20H,5-6,8,12H2,1-4H3,(H,21,22). The first-order valence-corrected chi connectivity index (χ1v) is 8.45. The van der Waals surface area contributed by atoms with Crippen molar-refractivity contribution in [1.29, 1.82) is 5.41 Å². The molecule has 0 aromatic carbocycles. The van der Waals surface area contributed by atoms with Gasteiger partial charge in [-0.25, -0.2) is 4.98 Å². The minimum atomic E-state index is -0.512. The van der Waals surface area contributed by atoms with Gasteiger partial charge in [0.15, 0.2) is 0 Å². The van der Waals surface area contributed by atoms with E-state index < -0.39 is 5.60 Å². The van der Waals surface area contributed by atoms with Crippen molar-refractivity contribution in [3.8, 4) is 0 Å². The highest BCUT2D eigenvalue weighted by Crippen LogP contribution is 2.29. The highest BCUT2D eigenvalue weighted by molar-refractivity contribution is 5.86. The Kier molecular flexibility index (Phi) is 5.75. The second-order valence-electron chi connectivity index (χ2n) is 7.33. The van der Waals surface area contributed by atoms with Crippen LogP contribution in [0.15, 0.2) is 18.2 Å². The maximum atomic E-state index is 11.9. The van der Waals surface area contributed by atoms with E-state index in [2.05, 4.69) is 23.3 Å². The van der Waals surface area contributed by atoms with Crippen LogP contribution >= 0.6 is 0 Å². The molecule has 0 spiro atoms. The number of carbonyl (C=O) groups is 1. The van der Waals surface area contributed by atoms with Crippen molar-refractivity contribution < 1.29 is 9.53 Å². The molecule has 24 heavy (non-hydrogen) atoms. The topological polar surface area (TPSA) is 75.1 Å². The summed E-state index contributed by atoms with van der Waals surface area (Å²) in [7, 11) is 0. The summed E-state index contributed by atoms with van der Waals surface area (Å²) in [5.41, 5.74) is 2.30. The maximum Gasteiger partial charge on any atom is 0.325 e. The zero-order chi connectivity index (χ0) is 17.7. The van der Waals surface area contributed by atoms with Crippen molar-refractivity contribution in [1.82, 2.24) is 4.98 Å². The molecule has 0 fully saturated rings. The second-order valence-corrected chi connectivity index (χ2v) is 7.33. The molecular weight excluding hydrogens is 302 g/mol. The van der Waals surface area contributed by atoms with Gasteiger partial charge < -0.3 is 15.5 Å². The summed E-state index contributed by atoms with van der Waals surface area (Å²) in [5.74, 6) is 0.934. The monoisotopic (exact) mass is 329 g/mol. The van der Waals surface area contributed by atoms with Crippen molar-refractivity contribution >= 4 is 23.6 Å². The Balaban J connectivity index is 2.12. The number of rotatable bonds is 5. The van der Waals surface area contributed by atoms with E-state index in [0.717, 1.165) is 24.5 Å². The molecule has 1 aromatic rings. The number of allylic oxidation sites excluding steroid dienone is 2. The van der Waals surface area contributed by atoms with Gasteiger partial charge in [-0.15, -0.1) is 0 Å². The Morgan fingerprint density at radius 2 is 2.21 bits per heavy atom. The van der Waals surface area contributed by atoms with Gasteiger partial charge in [0, 0.05) is 11.8 Å². The van der Waals surface area contributed by atoms with Crippen molar-refractivity contribution in [3.63, 3.8) is 0 Å². The SMILES string of the molecule is CC1CC=C(c2ccc(C=N)c(NCC(=O)OC(C)(C)C)n2)CC1. The van der Waals surface area contributed by atoms with E-state index in [1.165, 1.54) is 18.2 Å². The predicted molar refractivity (Wildman–Crippen MR) is 97.4 cm³/mol. The minimum Gasteiger partial charge on any atom is -0.459 e. The summed E-state index contributed by atoms with van der Waals surface area (Å²) in [6.45, 7) is 7.80. The molecule has 0 radical (unpaired) electrons. The van der Waals surface area contributed by atoms with E-state index >= 15 is 0 Å². The fraction of sp³-hybridized carbons (Fsp3) is 0.526. The molecular formula is C19H27N3O2. The van der Waals surface area contributed by atoms with Crippen LogP contribution in [0.3, 0.4) is 0 Å². The first kappa shape index (κ1) is 18.2. The third-order valence-corrected chi connectivity index (χ3v) is 3.90. The van der Waals surface area contributed by atoms with Gasteiger partial charge in [0.1, 0.15) is 18.0 Å². The molecule has 0 aliphatic heterocycles. The van der Waals surface area contributed by atoms with Gasteiger partial charge >= 0.3 is 5.97 Å². The fourth-order valence-corrected chi connectivity index (χ4v) is 2.64. The van der Waals surface area contributed by atoms with Gasteiger partial charge in [0.05, 0.1) is 5.69 Å². The lowest BCUT2D eigenvalue weighted by Crippen LogP contribution is -2.28. The number of aromatic nitrogens is 1. The van der Waals surface area contributed by atoms with Crippen LogP contribution in [0.5, 0.6) is 0 Å². The van der Waals surface area contributed by atoms with Crippen LogP contribution in [-0.4, -0.2) is 29.3 Å². The number of anilines is 1. The Bertz CT molecular complexity index is 645. The Morgan fingerprint density at radius 3 is 2.79 bits per heavy atom. The van der Waals surface area contributed by atoms with Crippen molar-refractivity contribution in [2.24, 2.45) is 5.92 Å². The van der Waals surface area contributed by atoms with Gasteiger partial charge in [-0.2, -0.15) is 0 Å². The van der Waals surface area contributed by atoms with Gasteiger partial charge in [0.2, 0.25) is 0 Å². The van der Waals surface area contributed by atoms with Crippen LogP contribution in [0.25, 0.3) is 5.57 Å². The van der Waals surface area contributed by atoms with E-state index in [9.17, 15) is 4.79 Å². The molecule has 1 aliphatic rings. The molecule has 1 heterocycles. The third kappa shape index (κ3) is 5.18. The molecule has 0 amide bonds. The van der Waals surface area contributed by atoms with E-state index in [1.54, 1.807) is 0 Å². The fourth-order valence-electron chi connectivity index (χ4n) is 2.64. The number of pyridine rings is 1. The van der Waals surface area contributed by atoms with Crippen molar-refractivity contribution in [2.45, 2.75) is 52.6 Å². The van der Waals surface area contributed by atoms with Crippen LogP contribution < -0.4 is 5.32 Å². The lowest BCUT2D eigenvalue weighted by Gasteiger charge is -2.20. The smallest absolute Gasteiger partial charge is 0.325 e. The van der Waals surface area contributed by atoms with E-state index in [0.29, 0.717) is 11.4 Å². The van der Waals surface area contributed by atoms with Gasteiger partial charge in [0.25, 0.3) is 0 Å². The number of nitrogens with zero attached hydrogens (tertiary/aromatic N) is 1. The van der Waals surface area contributed by atoms with E-state index in [1.807, 2.05) is 32.9 Å². The average Bonchev–Trinajstić information content (AvgIpc) is 2.52. The van der Waals surface area contributed by atoms with Crippen LogP contribution in [0.4, 0.5) is 5.82 Å². The zero-order valence-electron chi connectivity index (χ0n) is 15.0. The molecule has 1 atom stereocenters. The Labute approximate surface area is 144 Å². The minimum absolute atomic E-state index is 0.0324. The molecule has 1 unspecified atom stereocenters. The molecule has 0 bridgehead atoms. The number of hydrogen-bond donors (Lipinski definition) is 2. The quantitative estimate of drug-likeness (QED) is 0.631. The van der Waals surface area contributed by atoms with Crippen LogP contribution in [0, 0.1) is 11.3 Å². The number of esters is 1. The molecule has 5 heteroatoms. The Morgan fingerprint density at radius 1 is 1.46 bits per heavy atom.